The maximum Gasteiger partial charge on any atom is 0.139 e. The molecule has 2 aromatic heterocycles. The number of pyridine rings is 1. The quantitative estimate of drug-likeness (QED) is 0.867. The first-order chi connectivity index (χ1) is 9.33. The van der Waals surface area contributed by atoms with Crippen LogP contribution in [0.25, 0.3) is 11.4 Å². The molecular formula is C14H19N5. The first-order valence-electron chi connectivity index (χ1n) is 6.72. The van der Waals surface area contributed by atoms with E-state index in [4.69, 9.17) is 4.98 Å². The average molecular weight is 257 g/mol. The molecule has 1 aliphatic rings. The third-order valence-electron chi connectivity index (χ3n) is 3.50. The third kappa shape index (κ3) is 2.83. The molecule has 100 valence electrons. The molecule has 0 amide bonds. The maximum absolute atomic E-state index is 4.72. The van der Waals surface area contributed by atoms with Crippen molar-refractivity contribution < 1.29 is 0 Å². The molecule has 2 N–H and O–H groups in total. The van der Waals surface area contributed by atoms with E-state index in [0.717, 1.165) is 55.5 Å². The van der Waals surface area contributed by atoms with Crippen LogP contribution >= 0.6 is 0 Å². The topological polar surface area (TPSA) is 56.8 Å². The predicted octanol–water partition coefficient (Wildman–Crippen LogP) is 1.19. The highest BCUT2D eigenvalue weighted by molar-refractivity contribution is 5.54. The average Bonchev–Trinajstić information content (AvgIpc) is 2.82. The van der Waals surface area contributed by atoms with E-state index in [1.54, 1.807) is 6.20 Å². The fraction of sp³-hybridized carbons (Fsp3) is 0.429. The Morgan fingerprint density at radius 2 is 2.16 bits per heavy atom. The van der Waals surface area contributed by atoms with Crippen molar-refractivity contribution in [3.8, 4) is 11.4 Å². The van der Waals surface area contributed by atoms with Gasteiger partial charge in [-0.05, 0) is 19.1 Å². The lowest BCUT2D eigenvalue weighted by Gasteiger charge is -2.26. The van der Waals surface area contributed by atoms with Crippen molar-refractivity contribution in [1.29, 1.82) is 0 Å². The largest absolute Gasteiger partial charge is 0.342 e. The molecule has 1 saturated heterocycles. The summed E-state index contributed by atoms with van der Waals surface area (Å²) in [5.41, 5.74) is 3.33. The van der Waals surface area contributed by atoms with E-state index >= 15 is 0 Å². The predicted molar refractivity (Wildman–Crippen MR) is 74.7 cm³/mol. The summed E-state index contributed by atoms with van der Waals surface area (Å²) in [4.78, 5) is 14.6. The van der Waals surface area contributed by atoms with Crippen LogP contribution in [0.2, 0.25) is 0 Å². The monoisotopic (exact) mass is 257 g/mol. The zero-order valence-corrected chi connectivity index (χ0v) is 11.2. The number of hydrogen-bond acceptors (Lipinski definition) is 4. The van der Waals surface area contributed by atoms with E-state index < -0.39 is 0 Å². The molecule has 0 unspecified atom stereocenters. The second-order valence-corrected chi connectivity index (χ2v) is 4.92. The van der Waals surface area contributed by atoms with Gasteiger partial charge in [0.05, 0.1) is 5.69 Å². The van der Waals surface area contributed by atoms with Crippen molar-refractivity contribution in [3.63, 3.8) is 0 Å². The van der Waals surface area contributed by atoms with Crippen LogP contribution in [0.3, 0.4) is 0 Å². The van der Waals surface area contributed by atoms with Gasteiger partial charge in [-0.2, -0.15) is 0 Å². The Morgan fingerprint density at radius 1 is 1.32 bits per heavy atom. The van der Waals surface area contributed by atoms with Crippen LogP contribution in [0.4, 0.5) is 0 Å². The Balaban J connectivity index is 1.77. The van der Waals surface area contributed by atoms with Crippen LogP contribution in [0, 0.1) is 6.92 Å². The van der Waals surface area contributed by atoms with Gasteiger partial charge >= 0.3 is 0 Å². The third-order valence-corrected chi connectivity index (χ3v) is 3.50. The number of H-pyrrole nitrogens is 1. The van der Waals surface area contributed by atoms with Crippen molar-refractivity contribution in [3.05, 3.63) is 35.9 Å². The Morgan fingerprint density at radius 3 is 2.89 bits per heavy atom. The molecule has 3 rings (SSSR count). The summed E-state index contributed by atoms with van der Waals surface area (Å²) in [5, 5.41) is 3.37. The van der Waals surface area contributed by atoms with Gasteiger partial charge in [0.2, 0.25) is 0 Å². The summed E-state index contributed by atoms with van der Waals surface area (Å²) in [6, 6.07) is 3.96. The SMILES string of the molecule is Cc1[nH]c(-c2cccnc2)nc1CN1CCNCC1. The Labute approximate surface area is 113 Å². The molecule has 0 atom stereocenters. The minimum absolute atomic E-state index is 0.913. The van der Waals surface area contributed by atoms with Gasteiger partial charge in [-0.25, -0.2) is 4.98 Å². The summed E-state index contributed by atoms with van der Waals surface area (Å²) in [6.45, 7) is 7.33. The lowest BCUT2D eigenvalue weighted by Crippen LogP contribution is -2.43. The Hall–Kier alpha value is -1.72. The van der Waals surface area contributed by atoms with E-state index in [-0.39, 0.29) is 0 Å². The number of aryl methyl sites for hydroxylation is 1. The number of aromatic amines is 1. The number of hydrogen-bond donors (Lipinski definition) is 2. The van der Waals surface area contributed by atoms with E-state index in [1.807, 2.05) is 18.3 Å². The highest BCUT2D eigenvalue weighted by atomic mass is 15.2. The molecule has 1 fully saturated rings. The molecule has 0 radical (unpaired) electrons. The van der Waals surface area contributed by atoms with E-state index in [1.165, 1.54) is 0 Å². The molecule has 5 heteroatoms. The first kappa shape index (κ1) is 12.3. The van der Waals surface area contributed by atoms with Gasteiger partial charge in [0, 0.05) is 56.4 Å². The molecule has 5 nitrogen and oxygen atoms in total. The van der Waals surface area contributed by atoms with Gasteiger partial charge in [-0.1, -0.05) is 0 Å². The summed E-state index contributed by atoms with van der Waals surface area (Å²) < 4.78 is 0. The molecule has 2 aromatic rings. The highest BCUT2D eigenvalue weighted by Crippen LogP contribution is 2.17. The van der Waals surface area contributed by atoms with Crippen molar-refractivity contribution in [2.45, 2.75) is 13.5 Å². The molecule has 0 saturated carbocycles. The molecule has 1 aliphatic heterocycles. The number of imidazole rings is 1. The summed E-state index contributed by atoms with van der Waals surface area (Å²) >= 11 is 0. The van der Waals surface area contributed by atoms with Gasteiger partial charge in [0.25, 0.3) is 0 Å². The van der Waals surface area contributed by atoms with Crippen LogP contribution in [-0.4, -0.2) is 46.0 Å². The molecule has 0 aliphatic carbocycles. The zero-order chi connectivity index (χ0) is 13.1. The molecule has 0 bridgehead atoms. The normalized spacial score (nSPS) is 16.7. The molecule has 0 spiro atoms. The van der Waals surface area contributed by atoms with E-state index in [0.29, 0.717) is 0 Å². The summed E-state index contributed by atoms with van der Waals surface area (Å²) in [7, 11) is 0. The van der Waals surface area contributed by atoms with Crippen LogP contribution < -0.4 is 5.32 Å². The van der Waals surface area contributed by atoms with Gasteiger partial charge in [0.15, 0.2) is 0 Å². The smallest absolute Gasteiger partial charge is 0.139 e. The first-order valence-corrected chi connectivity index (χ1v) is 6.72. The number of nitrogens with zero attached hydrogens (tertiary/aromatic N) is 3. The number of rotatable bonds is 3. The highest BCUT2D eigenvalue weighted by Gasteiger charge is 2.14. The molecular weight excluding hydrogens is 238 g/mol. The number of aromatic nitrogens is 3. The van der Waals surface area contributed by atoms with Crippen LogP contribution in [0.15, 0.2) is 24.5 Å². The van der Waals surface area contributed by atoms with Crippen LogP contribution in [0.1, 0.15) is 11.4 Å². The minimum Gasteiger partial charge on any atom is -0.342 e. The lowest BCUT2D eigenvalue weighted by molar-refractivity contribution is 0.230. The Kier molecular flexibility index (Phi) is 3.57. The van der Waals surface area contributed by atoms with Crippen molar-refractivity contribution in [2.24, 2.45) is 0 Å². The summed E-state index contributed by atoms with van der Waals surface area (Å²) in [5.74, 6) is 0.913. The lowest BCUT2D eigenvalue weighted by atomic mass is 10.3. The standard InChI is InChI=1S/C14H19N5/c1-11-13(10-19-7-5-15-6-8-19)18-14(17-11)12-3-2-4-16-9-12/h2-4,9,15H,5-8,10H2,1H3,(H,17,18). The van der Waals surface area contributed by atoms with Crippen LogP contribution in [0.5, 0.6) is 0 Å². The van der Waals surface area contributed by atoms with Gasteiger partial charge in [-0.3, -0.25) is 9.88 Å². The van der Waals surface area contributed by atoms with Gasteiger partial charge < -0.3 is 10.3 Å². The van der Waals surface area contributed by atoms with E-state index in [2.05, 4.69) is 27.1 Å². The van der Waals surface area contributed by atoms with Crippen molar-refractivity contribution >= 4 is 0 Å². The molecule has 0 aromatic carbocycles. The van der Waals surface area contributed by atoms with Gasteiger partial charge in [0.1, 0.15) is 5.82 Å². The Bertz CT molecular complexity index is 528. The fourth-order valence-electron chi connectivity index (χ4n) is 2.37. The number of piperazine rings is 1. The minimum atomic E-state index is 0.913. The molecule has 3 heterocycles. The fourth-order valence-corrected chi connectivity index (χ4v) is 2.37. The second kappa shape index (κ2) is 5.50. The van der Waals surface area contributed by atoms with Crippen molar-refractivity contribution in [2.75, 3.05) is 26.2 Å². The summed E-state index contributed by atoms with van der Waals surface area (Å²) in [6.07, 6.45) is 3.62. The van der Waals surface area contributed by atoms with Crippen LogP contribution in [-0.2, 0) is 6.54 Å². The van der Waals surface area contributed by atoms with Gasteiger partial charge in [-0.15, -0.1) is 0 Å². The second-order valence-electron chi connectivity index (χ2n) is 4.92. The van der Waals surface area contributed by atoms with Crippen molar-refractivity contribution in [1.82, 2.24) is 25.2 Å². The van der Waals surface area contributed by atoms with E-state index in [9.17, 15) is 0 Å². The maximum atomic E-state index is 4.72. The molecule has 19 heavy (non-hydrogen) atoms. The number of nitrogens with one attached hydrogen (secondary N) is 2. The zero-order valence-electron chi connectivity index (χ0n) is 11.2.